The first-order chi connectivity index (χ1) is 5.42. The molecule has 0 aliphatic carbocycles. The van der Waals surface area contributed by atoms with E-state index in [0.29, 0.717) is 6.04 Å². The van der Waals surface area contributed by atoms with Gasteiger partial charge in [-0.25, -0.2) is 4.98 Å². The molecule has 2 N–H and O–H groups in total. The third-order valence-electron chi connectivity index (χ3n) is 2.26. The van der Waals surface area contributed by atoms with E-state index in [4.69, 9.17) is 0 Å². The molecular weight excluding hydrogens is 209 g/mol. The van der Waals surface area contributed by atoms with Crippen molar-refractivity contribution in [3.8, 4) is 0 Å². The maximum absolute atomic E-state index is 4.29. The molecule has 5 heteroatoms. The highest BCUT2D eigenvalue weighted by molar-refractivity contribution is 5.85. The molecule has 0 amide bonds. The largest absolute Gasteiger partial charge is 0.348 e. The summed E-state index contributed by atoms with van der Waals surface area (Å²) in [5.41, 5.74) is 2.54. The Morgan fingerprint density at radius 2 is 2.31 bits per heavy atom. The lowest BCUT2D eigenvalue weighted by molar-refractivity contribution is 0.480. The number of aromatic amines is 1. The number of imidazole rings is 1. The van der Waals surface area contributed by atoms with Crippen molar-refractivity contribution >= 4 is 24.8 Å². The predicted octanol–water partition coefficient (Wildman–Crippen LogP) is 1.85. The number of aromatic nitrogens is 2. The van der Waals surface area contributed by atoms with E-state index in [9.17, 15) is 0 Å². The Balaban J connectivity index is 0.000000720. The minimum absolute atomic E-state index is 0. The van der Waals surface area contributed by atoms with Crippen LogP contribution < -0.4 is 5.32 Å². The first-order valence-corrected chi connectivity index (χ1v) is 4.17. The van der Waals surface area contributed by atoms with E-state index in [1.807, 2.05) is 0 Å². The quantitative estimate of drug-likeness (QED) is 0.764. The Labute approximate surface area is 90.5 Å². The number of rotatable bonds is 1. The normalized spacial score (nSPS) is 19.6. The van der Waals surface area contributed by atoms with Crippen molar-refractivity contribution in [3.05, 3.63) is 17.7 Å². The summed E-state index contributed by atoms with van der Waals surface area (Å²) in [6.07, 6.45) is 4.00. The molecule has 0 saturated heterocycles. The van der Waals surface area contributed by atoms with E-state index in [0.717, 1.165) is 19.4 Å². The van der Waals surface area contributed by atoms with Crippen molar-refractivity contribution in [2.45, 2.75) is 25.8 Å². The predicted molar refractivity (Wildman–Crippen MR) is 57.8 cm³/mol. The van der Waals surface area contributed by atoms with Gasteiger partial charge in [0, 0.05) is 18.7 Å². The Hall–Kier alpha value is -0.250. The van der Waals surface area contributed by atoms with Crippen LogP contribution in [0.2, 0.25) is 0 Å². The van der Waals surface area contributed by atoms with Crippen LogP contribution in [0.15, 0.2) is 6.33 Å². The van der Waals surface area contributed by atoms with Gasteiger partial charge in [0.05, 0.1) is 18.1 Å². The Kier molecular flexibility index (Phi) is 5.37. The average Bonchev–Trinajstić information content (AvgIpc) is 2.50. The first-order valence-electron chi connectivity index (χ1n) is 4.17. The summed E-state index contributed by atoms with van der Waals surface area (Å²) in [5, 5.41) is 3.43. The van der Waals surface area contributed by atoms with Crippen molar-refractivity contribution in [1.82, 2.24) is 15.3 Å². The number of hydrogen-bond donors (Lipinski definition) is 2. The summed E-state index contributed by atoms with van der Waals surface area (Å²) in [6.45, 7) is 3.26. The summed E-state index contributed by atoms with van der Waals surface area (Å²) in [5.74, 6) is 0. The zero-order valence-electron chi connectivity index (χ0n) is 7.54. The lowest BCUT2D eigenvalue weighted by Gasteiger charge is -2.21. The molecule has 0 bridgehead atoms. The molecule has 1 aliphatic heterocycles. The molecule has 1 aromatic rings. The van der Waals surface area contributed by atoms with Gasteiger partial charge in [0.1, 0.15) is 0 Å². The highest BCUT2D eigenvalue weighted by Crippen LogP contribution is 2.20. The molecule has 0 aromatic carbocycles. The molecule has 0 radical (unpaired) electrons. The number of nitrogens with zero attached hydrogens (tertiary/aromatic N) is 1. The summed E-state index contributed by atoms with van der Waals surface area (Å²) in [6, 6.07) is 0.477. The smallest absolute Gasteiger partial charge is 0.0925 e. The van der Waals surface area contributed by atoms with Crippen molar-refractivity contribution in [2.24, 2.45) is 0 Å². The molecule has 1 atom stereocenters. The van der Waals surface area contributed by atoms with Crippen molar-refractivity contribution < 1.29 is 0 Å². The van der Waals surface area contributed by atoms with Crippen molar-refractivity contribution in [2.75, 3.05) is 6.54 Å². The summed E-state index contributed by atoms with van der Waals surface area (Å²) in [4.78, 5) is 7.46. The van der Waals surface area contributed by atoms with Gasteiger partial charge in [-0.15, -0.1) is 24.8 Å². The van der Waals surface area contributed by atoms with Crippen LogP contribution in [0.1, 0.15) is 30.8 Å². The third kappa shape index (κ3) is 2.36. The minimum atomic E-state index is 0. The van der Waals surface area contributed by atoms with E-state index in [-0.39, 0.29) is 24.8 Å². The van der Waals surface area contributed by atoms with Crippen LogP contribution in [0.4, 0.5) is 0 Å². The van der Waals surface area contributed by atoms with E-state index in [1.165, 1.54) is 11.4 Å². The van der Waals surface area contributed by atoms with Crippen LogP contribution in [0.25, 0.3) is 0 Å². The van der Waals surface area contributed by atoms with Gasteiger partial charge in [0.15, 0.2) is 0 Å². The molecule has 1 unspecified atom stereocenters. The van der Waals surface area contributed by atoms with Gasteiger partial charge in [-0.05, 0) is 6.42 Å². The SMILES string of the molecule is CCC1NCCc2[nH]cnc21.Cl.Cl. The highest BCUT2D eigenvalue weighted by Gasteiger charge is 2.19. The van der Waals surface area contributed by atoms with Gasteiger partial charge in [-0.1, -0.05) is 6.92 Å². The second kappa shape index (κ2) is 5.47. The topological polar surface area (TPSA) is 40.7 Å². The second-order valence-corrected chi connectivity index (χ2v) is 2.93. The second-order valence-electron chi connectivity index (χ2n) is 2.93. The number of nitrogens with one attached hydrogen (secondary N) is 2. The molecule has 1 aliphatic rings. The van der Waals surface area contributed by atoms with Gasteiger partial charge in [-0.2, -0.15) is 0 Å². The maximum atomic E-state index is 4.29. The molecule has 2 rings (SSSR count). The fourth-order valence-electron chi connectivity index (χ4n) is 1.64. The fourth-order valence-corrected chi connectivity index (χ4v) is 1.64. The lowest BCUT2D eigenvalue weighted by atomic mass is 10.0. The van der Waals surface area contributed by atoms with Crippen LogP contribution in [0.5, 0.6) is 0 Å². The monoisotopic (exact) mass is 223 g/mol. The van der Waals surface area contributed by atoms with Gasteiger partial charge >= 0.3 is 0 Å². The van der Waals surface area contributed by atoms with Crippen LogP contribution in [0, 0.1) is 0 Å². The zero-order valence-corrected chi connectivity index (χ0v) is 9.17. The van der Waals surface area contributed by atoms with Gasteiger partial charge < -0.3 is 10.3 Å². The first kappa shape index (κ1) is 12.8. The molecule has 2 heterocycles. The molecular formula is C8H15Cl2N3. The lowest BCUT2D eigenvalue weighted by Crippen LogP contribution is -2.29. The molecule has 1 aromatic heterocycles. The molecule has 0 fully saturated rings. The van der Waals surface area contributed by atoms with E-state index < -0.39 is 0 Å². The third-order valence-corrected chi connectivity index (χ3v) is 2.26. The van der Waals surface area contributed by atoms with Gasteiger partial charge in [0.2, 0.25) is 0 Å². The number of H-pyrrole nitrogens is 1. The standard InChI is InChI=1S/C8H13N3.2ClH/c1-2-6-8-7(3-4-9-6)10-5-11-8;;/h5-6,9H,2-4H2,1H3,(H,10,11);2*1H. The molecule has 3 nitrogen and oxygen atoms in total. The minimum Gasteiger partial charge on any atom is -0.348 e. The molecule has 13 heavy (non-hydrogen) atoms. The number of fused-ring (bicyclic) bond motifs is 1. The van der Waals surface area contributed by atoms with Crippen LogP contribution in [-0.2, 0) is 6.42 Å². The van der Waals surface area contributed by atoms with Gasteiger partial charge in [0.25, 0.3) is 0 Å². The zero-order chi connectivity index (χ0) is 7.68. The highest BCUT2D eigenvalue weighted by atomic mass is 35.5. The van der Waals surface area contributed by atoms with Crippen molar-refractivity contribution in [3.63, 3.8) is 0 Å². The maximum Gasteiger partial charge on any atom is 0.0925 e. The summed E-state index contributed by atoms with van der Waals surface area (Å²) in [7, 11) is 0. The fraction of sp³-hybridized carbons (Fsp3) is 0.625. The molecule has 0 saturated carbocycles. The summed E-state index contributed by atoms with van der Waals surface area (Å²) >= 11 is 0. The summed E-state index contributed by atoms with van der Waals surface area (Å²) < 4.78 is 0. The Morgan fingerprint density at radius 1 is 1.54 bits per heavy atom. The van der Waals surface area contributed by atoms with E-state index in [1.54, 1.807) is 6.33 Å². The van der Waals surface area contributed by atoms with Crippen LogP contribution in [-0.4, -0.2) is 16.5 Å². The molecule has 76 valence electrons. The van der Waals surface area contributed by atoms with Crippen LogP contribution >= 0.6 is 24.8 Å². The number of halogens is 2. The van der Waals surface area contributed by atoms with Gasteiger partial charge in [-0.3, -0.25) is 0 Å². The number of hydrogen-bond acceptors (Lipinski definition) is 2. The van der Waals surface area contributed by atoms with Crippen molar-refractivity contribution in [1.29, 1.82) is 0 Å². The van der Waals surface area contributed by atoms with E-state index >= 15 is 0 Å². The Bertz CT molecular complexity index is 249. The Morgan fingerprint density at radius 3 is 3.00 bits per heavy atom. The van der Waals surface area contributed by atoms with Crippen LogP contribution in [0.3, 0.4) is 0 Å². The molecule has 0 spiro atoms. The average molecular weight is 224 g/mol. The van der Waals surface area contributed by atoms with E-state index in [2.05, 4.69) is 22.2 Å².